The zero-order chi connectivity index (χ0) is 17.5. The number of benzene rings is 2. The lowest BCUT2D eigenvalue weighted by Gasteiger charge is -2.15. The third kappa shape index (κ3) is 4.54. The number of nitro benzene ring substituents is 1. The van der Waals surface area contributed by atoms with Gasteiger partial charge in [-0.2, -0.15) is 0 Å². The van der Waals surface area contributed by atoms with Crippen molar-refractivity contribution in [2.75, 3.05) is 0 Å². The molecule has 0 aliphatic heterocycles. The summed E-state index contributed by atoms with van der Waals surface area (Å²) in [5.74, 6) is -1.31. The zero-order valence-electron chi connectivity index (χ0n) is 12.4. The summed E-state index contributed by atoms with van der Waals surface area (Å²) in [7, 11) is 0. The number of nitrogens with one attached hydrogen (secondary N) is 1. The number of nitrogens with zero attached hydrogens (tertiary/aromatic N) is 1. The van der Waals surface area contributed by atoms with Crippen molar-refractivity contribution in [2.24, 2.45) is 0 Å². The van der Waals surface area contributed by atoms with Crippen molar-refractivity contribution in [3.8, 4) is 0 Å². The van der Waals surface area contributed by atoms with Crippen LogP contribution in [0.5, 0.6) is 0 Å². The molecule has 2 N–H and O–H groups in total. The number of hydrogen-bond donors (Lipinski definition) is 2. The highest BCUT2D eigenvalue weighted by molar-refractivity contribution is 5.81. The van der Waals surface area contributed by atoms with E-state index in [1.54, 1.807) is 24.3 Å². The van der Waals surface area contributed by atoms with E-state index in [0.717, 1.165) is 5.56 Å². The Morgan fingerprint density at radius 1 is 1.12 bits per heavy atom. The minimum absolute atomic E-state index is 0.000720. The lowest BCUT2D eigenvalue weighted by atomic mass is 10.1. The number of amides is 1. The number of nitro groups is 1. The third-order valence-corrected chi connectivity index (χ3v) is 3.16. The summed E-state index contributed by atoms with van der Waals surface area (Å²) in [6.45, 7) is -0.000720. The highest BCUT2D eigenvalue weighted by atomic mass is 16.6. The van der Waals surface area contributed by atoms with Gasteiger partial charge in [0.05, 0.1) is 4.92 Å². The summed E-state index contributed by atoms with van der Waals surface area (Å²) in [5, 5.41) is 22.1. The van der Waals surface area contributed by atoms with Crippen LogP contribution in [-0.2, 0) is 16.1 Å². The zero-order valence-corrected chi connectivity index (χ0v) is 12.4. The van der Waals surface area contributed by atoms with Crippen LogP contribution in [0.25, 0.3) is 0 Å². The van der Waals surface area contributed by atoms with Crippen molar-refractivity contribution in [1.29, 1.82) is 0 Å². The van der Waals surface area contributed by atoms with Gasteiger partial charge in [0.25, 0.3) is 5.69 Å². The molecule has 8 nitrogen and oxygen atoms in total. The van der Waals surface area contributed by atoms with Gasteiger partial charge in [0, 0.05) is 12.1 Å². The Balaban J connectivity index is 2.01. The van der Waals surface area contributed by atoms with Crippen molar-refractivity contribution >= 4 is 17.7 Å². The van der Waals surface area contributed by atoms with Crippen LogP contribution in [-0.4, -0.2) is 22.1 Å². The van der Waals surface area contributed by atoms with Crippen molar-refractivity contribution < 1.29 is 24.4 Å². The van der Waals surface area contributed by atoms with E-state index in [9.17, 15) is 24.8 Å². The molecule has 0 bridgehead atoms. The van der Waals surface area contributed by atoms with E-state index in [0.29, 0.717) is 0 Å². The number of carboxylic acids is 1. The van der Waals surface area contributed by atoms with E-state index in [1.807, 2.05) is 6.07 Å². The maximum absolute atomic E-state index is 11.8. The van der Waals surface area contributed by atoms with Crippen LogP contribution in [0.3, 0.4) is 0 Å². The molecule has 24 heavy (non-hydrogen) atoms. The van der Waals surface area contributed by atoms with Crippen LogP contribution in [0, 0.1) is 10.1 Å². The maximum atomic E-state index is 11.8. The Labute approximate surface area is 136 Å². The standard InChI is InChI=1S/C16H14N2O6/c19-15(20)14(12-6-8-13(9-7-12)18(22)23)17-16(21)24-10-11-4-2-1-3-5-11/h1-9,14H,10H2,(H,17,21)(H,19,20)/t14-/m1/s1. The first kappa shape index (κ1) is 16.9. The molecule has 0 saturated carbocycles. The third-order valence-electron chi connectivity index (χ3n) is 3.16. The van der Waals surface area contributed by atoms with Crippen LogP contribution >= 0.6 is 0 Å². The Bertz CT molecular complexity index is 730. The predicted molar refractivity (Wildman–Crippen MR) is 83.2 cm³/mol. The Morgan fingerprint density at radius 3 is 2.29 bits per heavy atom. The van der Waals surface area contributed by atoms with Crippen molar-refractivity contribution in [3.05, 3.63) is 75.8 Å². The average molecular weight is 330 g/mol. The number of aliphatic carboxylic acids is 1. The minimum Gasteiger partial charge on any atom is -0.479 e. The molecule has 0 radical (unpaired) electrons. The Kier molecular flexibility index (Phi) is 5.45. The first-order chi connectivity index (χ1) is 11.5. The molecule has 124 valence electrons. The van der Waals surface area contributed by atoms with E-state index >= 15 is 0 Å². The highest BCUT2D eigenvalue weighted by Gasteiger charge is 2.23. The van der Waals surface area contributed by atoms with Gasteiger partial charge in [0.15, 0.2) is 6.04 Å². The number of ether oxygens (including phenoxy) is 1. The molecule has 0 saturated heterocycles. The number of hydrogen-bond acceptors (Lipinski definition) is 5. The molecule has 2 aromatic carbocycles. The summed E-state index contributed by atoms with van der Waals surface area (Å²) in [4.78, 5) is 33.1. The van der Waals surface area contributed by atoms with Crippen molar-refractivity contribution in [2.45, 2.75) is 12.6 Å². The van der Waals surface area contributed by atoms with E-state index in [4.69, 9.17) is 4.74 Å². The number of carboxylic acid groups (broad SMARTS) is 1. The number of carbonyl (C=O) groups excluding carboxylic acids is 1. The molecule has 0 aromatic heterocycles. The monoisotopic (exact) mass is 330 g/mol. The average Bonchev–Trinajstić information content (AvgIpc) is 2.58. The van der Waals surface area contributed by atoms with Gasteiger partial charge in [-0.25, -0.2) is 9.59 Å². The van der Waals surface area contributed by atoms with Gasteiger partial charge in [-0.1, -0.05) is 30.3 Å². The topological polar surface area (TPSA) is 119 Å². The van der Waals surface area contributed by atoms with E-state index in [1.165, 1.54) is 24.3 Å². The normalized spacial score (nSPS) is 11.3. The number of rotatable bonds is 6. The van der Waals surface area contributed by atoms with Gasteiger partial charge in [0.1, 0.15) is 6.61 Å². The van der Waals surface area contributed by atoms with Crippen LogP contribution in [0.15, 0.2) is 54.6 Å². The molecule has 0 spiro atoms. The Morgan fingerprint density at radius 2 is 1.75 bits per heavy atom. The van der Waals surface area contributed by atoms with E-state index in [-0.39, 0.29) is 17.9 Å². The van der Waals surface area contributed by atoms with Crippen LogP contribution in [0.2, 0.25) is 0 Å². The lowest BCUT2D eigenvalue weighted by Crippen LogP contribution is -2.34. The van der Waals surface area contributed by atoms with E-state index in [2.05, 4.69) is 5.32 Å². The predicted octanol–water partition coefficient (Wildman–Crippen LogP) is 2.65. The molecular formula is C16H14N2O6. The summed E-state index contributed by atoms with van der Waals surface area (Å²) in [6, 6.07) is 12.4. The molecule has 0 aliphatic carbocycles. The van der Waals surface area contributed by atoms with Crippen LogP contribution in [0.4, 0.5) is 10.5 Å². The van der Waals surface area contributed by atoms with Gasteiger partial charge >= 0.3 is 12.1 Å². The maximum Gasteiger partial charge on any atom is 0.408 e. The SMILES string of the molecule is O=C(N[C@@H](C(=O)O)c1ccc([N+](=O)[O-])cc1)OCc1ccccc1. The second kappa shape index (κ2) is 7.73. The number of alkyl carbamates (subject to hydrolysis) is 1. The second-order valence-corrected chi connectivity index (χ2v) is 4.83. The fourth-order valence-electron chi connectivity index (χ4n) is 1.96. The van der Waals surface area contributed by atoms with Gasteiger partial charge in [-0.15, -0.1) is 0 Å². The highest BCUT2D eigenvalue weighted by Crippen LogP contribution is 2.18. The number of non-ortho nitro benzene ring substituents is 1. The molecule has 2 aromatic rings. The van der Waals surface area contributed by atoms with Gasteiger partial charge in [0.2, 0.25) is 0 Å². The molecule has 0 unspecified atom stereocenters. The smallest absolute Gasteiger partial charge is 0.408 e. The molecule has 0 aliphatic rings. The summed E-state index contributed by atoms with van der Waals surface area (Å²) >= 11 is 0. The minimum atomic E-state index is -1.37. The molecule has 1 atom stereocenters. The van der Waals surface area contributed by atoms with Crippen LogP contribution in [0.1, 0.15) is 17.2 Å². The summed E-state index contributed by atoms with van der Waals surface area (Å²) in [5.41, 5.74) is 0.786. The second-order valence-electron chi connectivity index (χ2n) is 4.83. The fraction of sp³-hybridized carbons (Fsp3) is 0.125. The molecule has 0 fully saturated rings. The van der Waals surface area contributed by atoms with Gasteiger partial charge < -0.3 is 15.2 Å². The summed E-state index contributed by atoms with van der Waals surface area (Å²) in [6.07, 6.45) is -0.899. The first-order valence-corrected chi connectivity index (χ1v) is 6.92. The molecule has 8 heteroatoms. The van der Waals surface area contributed by atoms with Crippen molar-refractivity contribution in [3.63, 3.8) is 0 Å². The quantitative estimate of drug-likeness (QED) is 0.621. The number of carbonyl (C=O) groups is 2. The Hall–Kier alpha value is -3.42. The lowest BCUT2D eigenvalue weighted by molar-refractivity contribution is -0.384. The van der Waals surface area contributed by atoms with E-state index < -0.39 is 23.0 Å². The first-order valence-electron chi connectivity index (χ1n) is 6.92. The largest absolute Gasteiger partial charge is 0.479 e. The van der Waals surface area contributed by atoms with Crippen LogP contribution < -0.4 is 5.32 Å². The summed E-state index contributed by atoms with van der Waals surface area (Å²) < 4.78 is 4.97. The molecule has 1 amide bonds. The fourth-order valence-corrected chi connectivity index (χ4v) is 1.96. The van der Waals surface area contributed by atoms with Gasteiger partial charge in [-0.3, -0.25) is 10.1 Å². The van der Waals surface area contributed by atoms with Crippen molar-refractivity contribution in [1.82, 2.24) is 5.32 Å². The van der Waals surface area contributed by atoms with Gasteiger partial charge in [-0.05, 0) is 23.3 Å². The molecule has 0 heterocycles. The molecule has 2 rings (SSSR count). The molecular weight excluding hydrogens is 316 g/mol.